The summed E-state index contributed by atoms with van der Waals surface area (Å²) < 4.78 is 5.22. The minimum atomic E-state index is 0.388. The Morgan fingerprint density at radius 1 is 1.28 bits per heavy atom. The van der Waals surface area contributed by atoms with E-state index < -0.39 is 0 Å². The predicted molar refractivity (Wildman–Crippen MR) is 105 cm³/mol. The van der Waals surface area contributed by atoms with E-state index in [1.54, 1.807) is 7.11 Å². The fourth-order valence-corrected chi connectivity index (χ4v) is 2.97. The molecule has 5 heteroatoms. The maximum atomic E-state index is 5.22. The lowest BCUT2D eigenvalue weighted by Crippen LogP contribution is -2.45. The van der Waals surface area contributed by atoms with E-state index in [1.807, 2.05) is 7.05 Å². The van der Waals surface area contributed by atoms with Gasteiger partial charge in [0.2, 0.25) is 0 Å². The fraction of sp³-hybridized carbons (Fsp3) is 0.650. The molecular weight excluding hydrogens is 312 g/mol. The van der Waals surface area contributed by atoms with E-state index in [0.717, 1.165) is 51.1 Å². The van der Waals surface area contributed by atoms with Crippen LogP contribution < -0.4 is 10.6 Å². The van der Waals surface area contributed by atoms with Gasteiger partial charge in [-0.05, 0) is 38.2 Å². The Labute approximate surface area is 152 Å². The van der Waals surface area contributed by atoms with Crippen LogP contribution >= 0.6 is 0 Å². The molecule has 1 unspecified atom stereocenters. The van der Waals surface area contributed by atoms with Gasteiger partial charge in [-0.1, -0.05) is 30.3 Å². The molecular formula is C20H34N4O. The van der Waals surface area contributed by atoms with Crippen LogP contribution in [0, 0.1) is 0 Å². The summed E-state index contributed by atoms with van der Waals surface area (Å²) in [5.41, 5.74) is 1.39. The van der Waals surface area contributed by atoms with E-state index in [4.69, 9.17) is 4.74 Å². The molecule has 1 atom stereocenters. The van der Waals surface area contributed by atoms with Gasteiger partial charge in [0.05, 0.1) is 6.61 Å². The number of nitrogens with one attached hydrogen (secondary N) is 2. The highest BCUT2D eigenvalue weighted by Crippen LogP contribution is 2.25. The third kappa shape index (κ3) is 7.88. The second-order valence-corrected chi connectivity index (χ2v) is 6.83. The number of hydrogen-bond donors (Lipinski definition) is 2. The summed E-state index contributed by atoms with van der Waals surface area (Å²) in [6, 6.07) is 11.8. The fourth-order valence-electron chi connectivity index (χ4n) is 2.97. The van der Waals surface area contributed by atoms with Crippen molar-refractivity contribution in [2.45, 2.75) is 44.7 Å². The van der Waals surface area contributed by atoms with Crippen molar-refractivity contribution >= 4 is 5.96 Å². The van der Waals surface area contributed by atoms with Crippen LogP contribution in [0.2, 0.25) is 0 Å². The number of benzene rings is 1. The molecule has 25 heavy (non-hydrogen) atoms. The largest absolute Gasteiger partial charge is 0.383 e. The van der Waals surface area contributed by atoms with Gasteiger partial charge in [0.1, 0.15) is 0 Å². The number of guanidine groups is 1. The third-order valence-electron chi connectivity index (χ3n) is 4.65. The Morgan fingerprint density at radius 2 is 2.04 bits per heavy atom. The molecule has 2 rings (SSSR count). The molecule has 1 fully saturated rings. The van der Waals surface area contributed by atoms with Gasteiger partial charge in [-0.2, -0.15) is 0 Å². The first kappa shape index (κ1) is 19.7. The quantitative estimate of drug-likeness (QED) is 0.477. The molecule has 0 saturated heterocycles. The molecule has 0 amide bonds. The number of nitrogens with zero attached hydrogens (tertiary/aromatic N) is 2. The smallest absolute Gasteiger partial charge is 0.191 e. The lowest BCUT2D eigenvalue weighted by Gasteiger charge is -2.23. The maximum absolute atomic E-state index is 5.22. The molecule has 140 valence electrons. The summed E-state index contributed by atoms with van der Waals surface area (Å²) in [5, 5.41) is 6.94. The molecule has 0 heterocycles. The number of rotatable bonds is 11. The summed E-state index contributed by atoms with van der Waals surface area (Å²) in [6.45, 7) is 5.98. The van der Waals surface area contributed by atoms with E-state index in [-0.39, 0.29) is 0 Å². The third-order valence-corrected chi connectivity index (χ3v) is 4.65. The van der Waals surface area contributed by atoms with E-state index in [1.165, 1.54) is 18.4 Å². The van der Waals surface area contributed by atoms with Crippen LogP contribution in [0.1, 0.15) is 31.7 Å². The van der Waals surface area contributed by atoms with Gasteiger partial charge in [-0.15, -0.1) is 0 Å². The van der Waals surface area contributed by atoms with Crippen LogP contribution in [-0.4, -0.2) is 63.3 Å². The first-order valence-electron chi connectivity index (χ1n) is 9.47. The van der Waals surface area contributed by atoms with E-state index in [0.29, 0.717) is 6.04 Å². The highest BCUT2D eigenvalue weighted by molar-refractivity contribution is 5.79. The summed E-state index contributed by atoms with van der Waals surface area (Å²) >= 11 is 0. The van der Waals surface area contributed by atoms with Crippen LogP contribution in [0.25, 0.3) is 0 Å². The molecule has 1 aromatic rings. The van der Waals surface area contributed by atoms with Crippen molar-refractivity contribution < 1.29 is 4.74 Å². The van der Waals surface area contributed by atoms with Crippen LogP contribution in [0.3, 0.4) is 0 Å². The lowest BCUT2D eigenvalue weighted by molar-refractivity contribution is 0.144. The van der Waals surface area contributed by atoms with Gasteiger partial charge in [-0.25, -0.2) is 0 Å². The van der Waals surface area contributed by atoms with Crippen LogP contribution in [-0.2, 0) is 11.2 Å². The maximum Gasteiger partial charge on any atom is 0.191 e. The van der Waals surface area contributed by atoms with Crippen molar-refractivity contribution in [2.24, 2.45) is 4.99 Å². The Kier molecular flexibility index (Phi) is 8.77. The minimum absolute atomic E-state index is 0.388. The average Bonchev–Trinajstić information content (AvgIpc) is 3.47. The van der Waals surface area contributed by atoms with E-state index >= 15 is 0 Å². The highest BCUT2D eigenvalue weighted by Gasteiger charge is 2.28. The van der Waals surface area contributed by atoms with Crippen LogP contribution in [0.4, 0.5) is 0 Å². The molecule has 0 aliphatic heterocycles. The molecule has 1 aromatic carbocycles. The SMILES string of the molecule is CN=C(NCCN(CCOC)C1CC1)NC(C)CCc1ccccc1. The Balaban J connectivity index is 1.65. The molecule has 2 N–H and O–H groups in total. The second kappa shape index (κ2) is 11.1. The minimum Gasteiger partial charge on any atom is -0.383 e. The van der Waals surface area contributed by atoms with Gasteiger partial charge in [0.25, 0.3) is 0 Å². The Bertz CT molecular complexity index is 502. The predicted octanol–water partition coefficient (Wildman–Crippen LogP) is 2.28. The van der Waals surface area contributed by atoms with Crippen LogP contribution in [0.15, 0.2) is 35.3 Å². The normalized spacial score (nSPS) is 16.1. The number of methoxy groups -OCH3 is 1. The monoisotopic (exact) mass is 346 g/mol. The molecule has 0 aromatic heterocycles. The number of aliphatic imine (C=N–C) groups is 1. The van der Waals surface area contributed by atoms with Crippen molar-refractivity contribution in [2.75, 3.05) is 40.4 Å². The van der Waals surface area contributed by atoms with Gasteiger partial charge in [0, 0.05) is 45.9 Å². The molecule has 0 bridgehead atoms. The van der Waals surface area contributed by atoms with Crippen molar-refractivity contribution in [3.63, 3.8) is 0 Å². The number of hydrogen-bond acceptors (Lipinski definition) is 3. The van der Waals surface area contributed by atoms with Crippen molar-refractivity contribution in [1.82, 2.24) is 15.5 Å². The van der Waals surface area contributed by atoms with E-state index in [9.17, 15) is 0 Å². The van der Waals surface area contributed by atoms with Crippen molar-refractivity contribution in [1.29, 1.82) is 0 Å². The van der Waals surface area contributed by atoms with Crippen molar-refractivity contribution in [3.8, 4) is 0 Å². The number of ether oxygens (including phenoxy) is 1. The molecule has 1 saturated carbocycles. The zero-order chi connectivity index (χ0) is 17.9. The Hall–Kier alpha value is -1.59. The zero-order valence-electron chi connectivity index (χ0n) is 16.0. The first-order chi connectivity index (χ1) is 12.2. The molecule has 0 spiro atoms. The molecule has 1 aliphatic rings. The molecule has 1 aliphatic carbocycles. The highest BCUT2D eigenvalue weighted by atomic mass is 16.5. The average molecular weight is 347 g/mol. The van der Waals surface area contributed by atoms with Crippen LogP contribution in [0.5, 0.6) is 0 Å². The Morgan fingerprint density at radius 3 is 2.68 bits per heavy atom. The zero-order valence-corrected chi connectivity index (χ0v) is 16.0. The number of aryl methyl sites for hydroxylation is 1. The summed E-state index contributed by atoms with van der Waals surface area (Å²) in [4.78, 5) is 6.87. The van der Waals surface area contributed by atoms with E-state index in [2.05, 4.69) is 57.8 Å². The standard InChI is InChI=1S/C20H34N4O/c1-17(9-10-18-7-5-4-6-8-18)23-20(21-2)22-13-14-24(15-16-25-3)19-11-12-19/h4-8,17,19H,9-16H2,1-3H3,(H2,21,22,23). The topological polar surface area (TPSA) is 48.9 Å². The van der Waals surface area contributed by atoms with Gasteiger partial charge in [-0.3, -0.25) is 9.89 Å². The molecule has 0 radical (unpaired) electrons. The van der Waals surface area contributed by atoms with Gasteiger partial charge >= 0.3 is 0 Å². The lowest BCUT2D eigenvalue weighted by atomic mass is 10.1. The molecule has 5 nitrogen and oxygen atoms in total. The van der Waals surface area contributed by atoms with Crippen molar-refractivity contribution in [3.05, 3.63) is 35.9 Å². The summed E-state index contributed by atoms with van der Waals surface area (Å²) in [5.74, 6) is 0.892. The van der Waals surface area contributed by atoms with Gasteiger partial charge in [0.15, 0.2) is 5.96 Å². The first-order valence-corrected chi connectivity index (χ1v) is 9.47. The summed E-state index contributed by atoms with van der Waals surface area (Å²) in [6.07, 6.45) is 4.83. The second-order valence-electron chi connectivity index (χ2n) is 6.83. The summed E-state index contributed by atoms with van der Waals surface area (Å²) in [7, 11) is 3.61. The van der Waals surface area contributed by atoms with Gasteiger partial charge < -0.3 is 15.4 Å².